The maximum absolute atomic E-state index is 11.5. The van der Waals surface area contributed by atoms with Crippen LogP contribution in [0.1, 0.15) is 39.0 Å². The molecule has 2 atom stereocenters. The van der Waals surface area contributed by atoms with E-state index in [4.69, 9.17) is 5.11 Å². The number of rotatable bonds is 5. The number of carbonyl (C=O) groups excluding carboxylic acids is 1. The Morgan fingerprint density at radius 1 is 1.35 bits per heavy atom. The predicted molar refractivity (Wildman–Crippen MR) is 85.2 cm³/mol. The van der Waals surface area contributed by atoms with Gasteiger partial charge in [-0.05, 0) is 25.2 Å². The summed E-state index contributed by atoms with van der Waals surface area (Å²) in [7, 11) is 0. The van der Waals surface area contributed by atoms with Crippen LogP contribution in [0.3, 0.4) is 0 Å². The van der Waals surface area contributed by atoms with Gasteiger partial charge in [-0.2, -0.15) is 0 Å². The van der Waals surface area contributed by atoms with Gasteiger partial charge in [0, 0.05) is 31.0 Å². The highest BCUT2D eigenvalue weighted by Gasteiger charge is 2.34. The monoisotopic (exact) mass is 322 g/mol. The average molecular weight is 322 g/mol. The Kier molecular flexibility index (Phi) is 7.73. The first kappa shape index (κ1) is 18.6. The van der Waals surface area contributed by atoms with Gasteiger partial charge in [0.2, 0.25) is 0 Å². The Hall–Kier alpha value is -2.44. The lowest BCUT2D eigenvalue weighted by Gasteiger charge is -2.14. The molecule has 7 nitrogen and oxygen atoms in total. The van der Waals surface area contributed by atoms with E-state index < -0.39 is 11.7 Å². The molecule has 1 saturated carbocycles. The number of hydrogen-bond acceptors (Lipinski definition) is 4. The lowest BCUT2D eigenvalue weighted by Crippen LogP contribution is -2.19. The fourth-order valence-electron chi connectivity index (χ4n) is 2.56. The minimum atomic E-state index is -0.792. The van der Waals surface area contributed by atoms with Crippen molar-refractivity contribution in [2.24, 2.45) is 11.8 Å². The summed E-state index contributed by atoms with van der Waals surface area (Å²) in [5.74, 6) is -0.554. The Labute approximate surface area is 133 Å². The number of carboxylic acids is 1. The van der Waals surface area contributed by atoms with E-state index >= 15 is 0 Å². The predicted octanol–water partition coefficient (Wildman–Crippen LogP) is 1.48. The number of H-pyrrole nitrogens is 2. The molecule has 0 bridgehead atoms. The van der Waals surface area contributed by atoms with Gasteiger partial charge >= 0.3 is 11.7 Å². The van der Waals surface area contributed by atoms with E-state index in [1.807, 2.05) is 24.1 Å². The van der Waals surface area contributed by atoms with Crippen LogP contribution in [0.2, 0.25) is 0 Å². The summed E-state index contributed by atoms with van der Waals surface area (Å²) < 4.78 is 0. The fraction of sp³-hybridized carbons (Fsp3) is 0.500. The van der Waals surface area contributed by atoms with Crippen molar-refractivity contribution in [2.75, 3.05) is 0 Å². The molecule has 0 aromatic carbocycles. The van der Waals surface area contributed by atoms with Crippen LogP contribution >= 0.6 is 0 Å². The van der Waals surface area contributed by atoms with Crippen LogP contribution in [0.25, 0.3) is 0 Å². The number of ketones is 1. The Morgan fingerprint density at radius 2 is 2.09 bits per heavy atom. The number of aromatic amines is 2. The topological polar surface area (TPSA) is 120 Å². The number of aliphatic carboxylic acids is 1. The quantitative estimate of drug-likeness (QED) is 0.709. The molecular formula is C16H22N2O5. The van der Waals surface area contributed by atoms with E-state index in [9.17, 15) is 19.2 Å². The maximum Gasteiger partial charge on any atom is 0.325 e. The molecule has 3 N–H and O–H groups in total. The normalized spacial score (nSPS) is 20.3. The molecule has 7 heteroatoms. The van der Waals surface area contributed by atoms with Gasteiger partial charge in [0.25, 0.3) is 5.56 Å². The van der Waals surface area contributed by atoms with Gasteiger partial charge in [-0.1, -0.05) is 19.1 Å². The van der Waals surface area contributed by atoms with Gasteiger partial charge in [-0.3, -0.25) is 19.4 Å². The summed E-state index contributed by atoms with van der Waals surface area (Å²) in [6.45, 7) is 2.04. The van der Waals surface area contributed by atoms with Crippen LogP contribution in [0, 0.1) is 11.8 Å². The molecule has 126 valence electrons. The summed E-state index contributed by atoms with van der Waals surface area (Å²) in [6.07, 6.45) is 8.44. The van der Waals surface area contributed by atoms with Crippen LogP contribution in [-0.4, -0.2) is 26.8 Å². The molecule has 0 unspecified atom stereocenters. The number of Topliss-reactive ketones (excluding diaryl/α,β-unsaturated/α-hetero) is 1. The first-order chi connectivity index (χ1) is 10.9. The third-order valence-electron chi connectivity index (χ3n) is 3.66. The number of aromatic nitrogens is 2. The van der Waals surface area contributed by atoms with E-state index in [1.165, 1.54) is 12.3 Å². The first-order valence-electron chi connectivity index (χ1n) is 7.61. The second-order valence-electron chi connectivity index (χ2n) is 5.38. The molecule has 1 fully saturated rings. The van der Waals surface area contributed by atoms with Crippen molar-refractivity contribution >= 4 is 11.8 Å². The van der Waals surface area contributed by atoms with Crippen molar-refractivity contribution in [1.82, 2.24) is 9.97 Å². The summed E-state index contributed by atoms with van der Waals surface area (Å²) in [4.78, 5) is 46.8. The SMILES string of the molecule is CC/C=C\C[C@H]1C(=O)CC[C@@H]1CC(=O)O.O=c1cc[nH]c(=O)[nH]1. The number of carboxylic acid groups (broad SMARTS) is 1. The zero-order chi connectivity index (χ0) is 17.2. The van der Waals surface area contributed by atoms with Gasteiger partial charge in [-0.15, -0.1) is 0 Å². The van der Waals surface area contributed by atoms with E-state index in [0.717, 1.165) is 12.8 Å². The minimum absolute atomic E-state index is 0.0519. The van der Waals surface area contributed by atoms with Crippen molar-refractivity contribution in [2.45, 2.75) is 39.0 Å². The van der Waals surface area contributed by atoms with Crippen molar-refractivity contribution in [3.63, 3.8) is 0 Å². The molecule has 23 heavy (non-hydrogen) atoms. The third kappa shape index (κ3) is 6.90. The van der Waals surface area contributed by atoms with E-state index in [2.05, 4.69) is 4.98 Å². The smallest absolute Gasteiger partial charge is 0.325 e. The fourth-order valence-corrected chi connectivity index (χ4v) is 2.56. The molecular weight excluding hydrogens is 300 g/mol. The number of hydrogen-bond donors (Lipinski definition) is 3. The van der Waals surface area contributed by atoms with Crippen molar-refractivity contribution < 1.29 is 14.7 Å². The number of allylic oxidation sites excluding steroid dienone is 2. The Balaban J connectivity index is 0.000000277. The average Bonchev–Trinajstić information content (AvgIpc) is 2.80. The lowest BCUT2D eigenvalue weighted by atomic mass is 9.89. The van der Waals surface area contributed by atoms with Gasteiger partial charge in [0.1, 0.15) is 5.78 Å². The highest BCUT2D eigenvalue weighted by Crippen LogP contribution is 2.33. The van der Waals surface area contributed by atoms with Crippen LogP contribution in [0.4, 0.5) is 0 Å². The Bertz CT molecular complexity index is 633. The Morgan fingerprint density at radius 3 is 2.61 bits per heavy atom. The standard InChI is InChI=1S/C12H18O3.C4H4N2O2/c1-2-3-4-5-10-9(8-12(14)15)6-7-11(10)13;7-3-1-2-5-4(8)6-3/h3-4,9-10H,2,5-8H2,1H3,(H,14,15);1-2H,(H2,5,6,7,8)/b4-3-;/t9-,10-;/m1./s1. The lowest BCUT2D eigenvalue weighted by molar-refractivity contribution is -0.138. The molecule has 0 radical (unpaired) electrons. The van der Waals surface area contributed by atoms with Gasteiger partial charge in [0.05, 0.1) is 0 Å². The highest BCUT2D eigenvalue weighted by atomic mass is 16.4. The van der Waals surface area contributed by atoms with E-state index in [1.54, 1.807) is 0 Å². The molecule has 1 aromatic heterocycles. The third-order valence-corrected chi connectivity index (χ3v) is 3.66. The second-order valence-corrected chi connectivity index (χ2v) is 5.38. The molecule has 0 amide bonds. The molecule has 1 heterocycles. The maximum atomic E-state index is 11.5. The van der Waals surface area contributed by atoms with Crippen LogP contribution in [-0.2, 0) is 9.59 Å². The minimum Gasteiger partial charge on any atom is -0.481 e. The van der Waals surface area contributed by atoms with E-state index in [0.29, 0.717) is 12.8 Å². The summed E-state index contributed by atoms with van der Waals surface area (Å²) in [5.41, 5.74) is -0.855. The van der Waals surface area contributed by atoms with Crippen LogP contribution < -0.4 is 11.2 Å². The van der Waals surface area contributed by atoms with Crippen molar-refractivity contribution in [1.29, 1.82) is 0 Å². The zero-order valence-electron chi connectivity index (χ0n) is 13.1. The molecule has 0 spiro atoms. The van der Waals surface area contributed by atoms with Crippen molar-refractivity contribution in [3.8, 4) is 0 Å². The largest absolute Gasteiger partial charge is 0.481 e. The van der Waals surface area contributed by atoms with Gasteiger partial charge in [0.15, 0.2) is 0 Å². The molecule has 1 aliphatic rings. The molecule has 2 rings (SSSR count). The van der Waals surface area contributed by atoms with Gasteiger partial charge < -0.3 is 10.1 Å². The van der Waals surface area contributed by atoms with E-state index in [-0.39, 0.29) is 29.6 Å². The molecule has 0 aliphatic heterocycles. The number of nitrogens with one attached hydrogen (secondary N) is 2. The number of carbonyl (C=O) groups is 2. The van der Waals surface area contributed by atoms with Crippen molar-refractivity contribution in [3.05, 3.63) is 45.3 Å². The zero-order valence-corrected chi connectivity index (χ0v) is 13.1. The van der Waals surface area contributed by atoms with Crippen LogP contribution in [0.5, 0.6) is 0 Å². The second kappa shape index (κ2) is 9.55. The highest BCUT2D eigenvalue weighted by molar-refractivity contribution is 5.84. The summed E-state index contributed by atoms with van der Waals surface area (Å²) in [5, 5.41) is 8.72. The van der Waals surface area contributed by atoms with Gasteiger partial charge in [-0.25, -0.2) is 4.79 Å². The summed E-state index contributed by atoms with van der Waals surface area (Å²) in [6, 6.07) is 1.24. The molecule has 1 aromatic rings. The molecule has 0 saturated heterocycles. The molecule has 1 aliphatic carbocycles. The van der Waals surface area contributed by atoms with Crippen LogP contribution in [0.15, 0.2) is 34.0 Å². The first-order valence-corrected chi connectivity index (χ1v) is 7.61. The summed E-state index contributed by atoms with van der Waals surface area (Å²) >= 11 is 0.